The highest BCUT2D eigenvalue weighted by Crippen LogP contribution is 2.28. The van der Waals surface area contributed by atoms with E-state index < -0.39 is 0 Å². The van der Waals surface area contributed by atoms with Crippen LogP contribution in [0.15, 0.2) is 25.5 Å². The van der Waals surface area contributed by atoms with Crippen molar-refractivity contribution in [2.24, 2.45) is 0 Å². The van der Waals surface area contributed by atoms with Crippen LogP contribution in [0.4, 0.5) is 0 Å². The maximum Gasteiger partial charge on any atom is 0.180 e. The Balaban J connectivity index is 2.24. The van der Waals surface area contributed by atoms with Gasteiger partial charge in [-0.15, -0.1) is 10.2 Å². The van der Waals surface area contributed by atoms with Crippen molar-refractivity contribution in [2.75, 3.05) is 0 Å². The summed E-state index contributed by atoms with van der Waals surface area (Å²) in [5.74, 6) is 0.830. The molecule has 0 bridgehead atoms. The molecule has 0 saturated heterocycles. The zero-order valence-electron chi connectivity index (χ0n) is 7.85. The molecule has 2 rings (SSSR count). The van der Waals surface area contributed by atoms with E-state index in [1.807, 2.05) is 13.0 Å². The molecule has 0 spiro atoms. The van der Waals surface area contributed by atoms with Gasteiger partial charge < -0.3 is 0 Å². The fourth-order valence-electron chi connectivity index (χ4n) is 0.949. The molecule has 0 aliphatic heterocycles. The van der Waals surface area contributed by atoms with E-state index in [0.29, 0.717) is 0 Å². The summed E-state index contributed by atoms with van der Waals surface area (Å²) in [5.41, 5.74) is 1.71. The first-order chi connectivity index (χ1) is 7.28. The van der Waals surface area contributed by atoms with Gasteiger partial charge in [-0.25, -0.2) is 9.97 Å². The van der Waals surface area contributed by atoms with E-state index in [4.69, 9.17) is 0 Å². The number of hydrogen-bond acceptors (Lipinski definition) is 6. The summed E-state index contributed by atoms with van der Waals surface area (Å²) in [4.78, 5) is 8.63. The lowest BCUT2D eigenvalue weighted by Gasteiger charge is -2.00. The number of aryl methyl sites for hydroxylation is 1. The fourth-order valence-corrected chi connectivity index (χ4v) is 2.97. The van der Waals surface area contributed by atoms with Gasteiger partial charge in [-0.3, -0.25) is 0 Å². The average molecular weight is 303 g/mol. The van der Waals surface area contributed by atoms with E-state index in [1.54, 1.807) is 5.51 Å². The third-order valence-corrected chi connectivity index (χ3v) is 3.67. The summed E-state index contributed by atoms with van der Waals surface area (Å²) in [6, 6.07) is 1.88. The molecular weight excluding hydrogens is 296 g/mol. The molecule has 0 saturated carbocycles. The van der Waals surface area contributed by atoms with Crippen molar-refractivity contribution in [3.05, 3.63) is 22.0 Å². The molecule has 0 aliphatic rings. The van der Waals surface area contributed by atoms with Gasteiger partial charge in [0, 0.05) is 12.5 Å². The highest BCUT2D eigenvalue weighted by molar-refractivity contribution is 9.10. The Hall–Kier alpha value is -0.530. The summed E-state index contributed by atoms with van der Waals surface area (Å²) >= 11 is 6.36. The van der Waals surface area contributed by atoms with Gasteiger partial charge in [0.25, 0.3) is 0 Å². The molecule has 0 unspecified atom stereocenters. The molecule has 7 heteroatoms. The van der Waals surface area contributed by atoms with E-state index >= 15 is 0 Å². The normalized spacial score (nSPS) is 10.5. The Kier molecular flexibility index (Phi) is 3.66. The van der Waals surface area contributed by atoms with Crippen LogP contribution in [0, 0.1) is 0 Å². The smallest absolute Gasteiger partial charge is 0.180 e. The summed E-state index contributed by atoms with van der Waals surface area (Å²) in [6.07, 6.45) is 0.823. The Bertz CT molecular complexity index is 446. The third kappa shape index (κ3) is 2.96. The third-order valence-electron chi connectivity index (χ3n) is 1.57. The van der Waals surface area contributed by atoms with Crippen molar-refractivity contribution in [1.82, 2.24) is 20.2 Å². The minimum absolute atomic E-state index is 0.807. The van der Waals surface area contributed by atoms with E-state index in [1.165, 1.54) is 23.1 Å². The first kappa shape index (κ1) is 11.0. The second-order valence-corrected chi connectivity index (χ2v) is 5.52. The van der Waals surface area contributed by atoms with Gasteiger partial charge in [0.15, 0.2) is 4.34 Å². The molecule has 2 heterocycles. The first-order valence-electron chi connectivity index (χ1n) is 4.25. The number of halogens is 1. The predicted molar refractivity (Wildman–Crippen MR) is 63.1 cm³/mol. The van der Waals surface area contributed by atoms with Crippen LogP contribution in [-0.2, 0) is 6.42 Å². The molecule has 0 fully saturated rings. The predicted octanol–water partition coefficient (Wildman–Crippen LogP) is 2.80. The van der Waals surface area contributed by atoms with Crippen LogP contribution in [-0.4, -0.2) is 20.2 Å². The Labute approximate surface area is 104 Å². The summed E-state index contributed by atoms with van der Waals surface area (Å²) in [7, 11) is 0. The monoisotopic (exact) mass is 302 g/mol. The number of aromatic nitrogens is 4. The van der Waals surface area contributed by atoms with Gasteiger partial charge in [-0.05, 0) is 27.7 Å². The largest absolute Gasteiger partial charge is 0.226 e. The maximum atomic E-state index is 4.39. The molecule has 0 aliphatic carbocycles. The molecule has 2 aromatic rings. The standard InChI is InChI=1S/C8H7BrN4S2/c1-2-6-11-5(9)3-7(12-6)15-8-13-10-4-14-8/h3-4H,2H2,1H3. The molecule has 0 amide bonds. The van der Waals surface area contributed by atoms with Gasteiger partial charge >= 0.3 is 0 Å². The zero-order valence-corrected chi connectivity index (χ0v) is 11.1. The lowest BCUT2D eigenvalue weighted by atomic mass is 10.4. The van der Waals surface area contributed by atoms with Crippen molar-refractivity contribution < 1.29 is 0 Å². The zero-order chi connectivity index (χ0) is 10.7. The minimum atomic E-state index is 0.807. The topological polar surface area (TPSA) is 51.6 Å². The maximum absolute atomic E-state index is 4.39. The van der Waals surface area contributed by atoms with Gasteiger partial charge in [0.2, 0.25) is 0 Å². The van der Waals surface area contributed by atoms with Gasteiger partial charge in [-0.2, -0.15) is 0 Å². The van der Waals surface area contributed by atoms with Crippen LogP contribution in [0.1, 0.15) is 12.7 Å². The lowest BCUT2D eigenvalue weighted by Crippen LogP contribution is -1.94. The average Bonchev–Trinajstić information content (AvgIpc) is 2.69. The number of nitrogens with zero attached hydrogens (tertiary/aromatic N) is 4. The highest BCUT2D eigenvalue weighted by atomic mass is 79.9. The number of rotatable bonds is 3. The van der Waals surface area contributed by atoms with E-state index in [-0.39, 0.29) is 0 Å². The van der Waals surface area contributed by atoms with Crippen LogP contribution < -0.4 is 0 Å². The highest BCUT2D eigenvalue weighted by Gasteiger charge is 2.05. The molecule has 2 aromatic heterocycles. The van der Waals surface area contributed by atoms with Crippen molar-refractivity contribution in [2.45, 2.75) is 22.7 Å². The second-order valence-electron chi connectivity index (χ2n) is 2.61. The van der Waals surface area contributed by atoms with Crippen LogP contribution in [0.25, 0.3) is 0 Å². The molecule has 0 radical (unpaired) electrons. The van der Waals surface area contributed by atoms with Gasteiger partial charge in [0.1, 0.15) is 21.0 Å². The summed E-state index contributed by atoms with van der Waals surface area (Å²) in [6.45, 7) is 2.03. The van der Waals surface area contributed by atoms with Crippen LogP contribution in [0.2, 0.25) is 0 Å². The van der Waals surface area contributed by atoms with Crippen molar-refractivity contribution in [3.63, 3.8) is 0 Å². The molecule has 0 N–H and O–H groups in total. The Morgan fingerprint density at radius 3 is 3.00 bits per heavy atom. The van der Waals surface area contributed by atoms with E-state index in [2.05, 4.69) is 36.1 Å². The molecule has 0 atom stereocenters. The molecular formula is C8H7BrN4S2. The number of hydrogen-bond donors (Lipinski definition) is 0. The molecule has 15 heavy (non-hydrogen) atoms. The quantitative estimate of drug-likeness (QED) is 0.816. The van der Waals surface area contributed by atoms with E-state index in [0.717, 1.165) is 26.2 Å². The first-order valence-corrected chi connectivity index (χ1v) is 6.74. The van der Waals surface area contributed by atoms with Crippen LogP contribution in [0.5, 0.6) is 0 Å². The van der Waals surface area contributed by atoms with Crippen LogP contribution in [0.3, 0.4) is 0 Å². The minimum Gasteiger partial charge on any atom is -0.226 e. The molecule has 4 nitrogen and oxygen atoms in total. The van der Waals surface area contributed by atoms with Gasteiger partial charge in [-0.1, -0.05) is 18.3 Å². The van der Waals surface area contributed by atoms with Gasteiger partial charge in [0.05, 0.1) is 0 Å². The second kappa shape index (κ2) is 5.00. The lowest BCUT2D eigenvalue weighted by molar-refractivity contribution is 0.875. The van der Waals surface area contributed by atoms with Crippen molar-refractivity contribution >= 4 is 39.0 Å². The fraction of sp³-hybridized carbons (Fsp3) is 0.250. The van der Waals surface area contributed by atoms with Crippen molar-refractivity contribution in [3.8, 4) is 0 Å². The van der Waals surface area contributed by atoms with Crippen molar-refractivity contribution in [1.29, 1.82) is 0 Å². The Morgan fingerprint density at radius 1 is 1.47 bits per heavy atom. The summed E-state index contributed by atoms with van der Waals surface area (Å²) < 4.78 is 1.70. The van der Waals surface area contributed by atoms with Crippen LogP contribution >= 0.6 is 39.0 Å². The summed E-state index contributed by atoms with van der Waals surface area (Å²) in [5, 5.41) is 8.62. The van der Waals surface area contributed by atoms with E-state index in [9.17, 15) is 0 Å². The molecule has 78 valence electrons. The Morgan fingerprint density at radius 2 is 2.33 bits per heavy atom. The molecule has 0 aromatic carbocycles. The SMILES string of the molecule is CCc1nc(Br)cc(Sc2nncs2)n1.